The zero-order valence-electron chi connectivity index (χ0n) is 18.1. The Bertz CT molecular complexity index is 1600. The number of methoxy groups -OCH3 is 1. The van der Waals surface area contributed by atoms with Crippen molar-refractivity contribution in [2.24, 2.45) is 5.14 Å². The van der Waals surface area contributed by atoms with Gasteiger partial charge in [0, 0.05) is 11.1 Å². The molecule has 5 rings (SSSR count). The molecule has 0 spiro atoms. The van der Waals surface area contributed by atoms with Crippen molar-refractivity contribution in [2.75, 3.05) is 7.11 Å². The normalized spacial score (nSPS) is 13.1. The van der Waals surface area contributed by atoms with E-state index in [1.54, 1.807) is 40.0 Å². The molecule has 0 atom stereocenters. The minimum Gasteiger partial charge on any atom is -0.496 e. The molecule has 0 saturated carbocycles. The number of aromatic nitrogens is 3. The number of hydrogen-bond donors (Lipinski definition) is 1. The Kier molecular flexibility index (Phi) is 5.11. The second kappa shape index (κ2) is 8.02. The van der Waals surface area contributed by atoms with E-state index in [0.29, 0.717) is 47.6 Å². The Balaban J connectivity index is 1.54. The third-order valence-electron chi connectivity index (χ3n) is 5.75. The summed E-state index contributed by atoms with van der Waals surface area (Å²) in [7, 11) is -2.47. The minimum atomic E-state index is -3.98. The van der Waals surface area contributed by atoms with Crippen molar-refractivity contribution in [3.8, 4) is 29.4 Å². The first-order chi connectivity index (χ1) is 16.3. The van der Waals surface area contributed by atoms with Crippen LogP contribution in [0.4, 0.5) is 0 Å². The molecular formula is C23H19N5O5S. The van der Waals surface area contributed by atoms with Crippen LogP contribution in [-0.2, 0) is 34.5 Å². The number of carbonyl (C=O) groups excluding carboxylic acids is 1. The molecule has 2 N–H and O–H groups in total. The zero-order chi connectivity index (χ0) is 24.0. The van der Waals surface area contributed by atoms with E-state index in [-0.39, 0.29) is 10.8 Å². The van der Waals surface area contributed by atoms with Gasteiger partial charge in [-0.15, -0.1) is 6.42 Å². The van der Waals surface area contributed by atoms with Crippen LogP contribution >= 0.6 is 0 Å². The highest BCUT2D eigenvalue weighted by Gasteiger charge is 2.27. The van der Waals surface area contributed by atoms with E-state index in [1.165, 1.54) is 13.2 Å². The lowest BCUT2D eigenvalue weighted by Crippen LogP contribution is -2.24. The highest BCUT2D eigenvalue weighted by Crippen LogP contribution is 2.38. The average molecular weight is 478 g/mol. The first kappa shape index (κ1) is 21.7. The lowest BCUT2D eigenvalue weighted by atomic mass is 10.0. The third kappa shape index (κ3) is 3.59. The number of carbonyl (C=O) groups is 1. The summed E-state index contributed by atoms with van der Waals surface area (Å²) in [4.78, 5) is 13.4. The fourth-order valence-electron chi connectivity index (χ4n) is 4.19. The molecule has 0 radical (unpaired) electrons. The quantitative estimate of drug-likeness (QED) is 0.434. The number of benzene rings is 2. The van der Waals surface area contributed by atoms with E-state index in [2.05, 4.69) is 16.2 Å². The lowest BCUT2D eigenvalue weighted by molar-refractivity contribution is -0.125. The van der Waals surface area contributed by atoms with Gasteiger partial charge < -0.3 is 14.2 Å². The number of sulfonamides is 1. The van der Waals surface area contributed by atoms with Gasteiger partial charge in [-0.25, -0.2) is 13.6 Å². The first-order valence-electron chi connectivity index (χ1n) is 10.2. The van der Waals surface area contributed by atoms with Gasteiger partial charge in [0.2, 0.25) is 10.0 Å². The smallest absolute Gasteiger partial charge is 0.298 e. The Morgan fingerprint density at radius 3 is 2.82 bits per heavy atom. The van der Waals surface area contributed by atoms with Crippen molar-refractivity contribution in [3.63, 3.8) is 0 Å². The van der Waals surface area contributed by atoms with Gasteiger partial charge in [0.25, 0.3) is 5.91 Å². The van der Waals surface area contributed by atoms with Crippen molar-refractivity contribution < 1.29 is 22.5 Å². The van der Waals surface area contributed by atoms with E-state index in [0.717, 1.165) is 16.8 Å². The van der Waals surface area contributed by atoms with Gasteiger partial charge in [0.1, 0.15) is 11.4 Å². The SMILES string of the molecule is C#CC(=O)N1Cc2cnn(Cc3cc(OC)c4c(-c5ccccc5S(N)(=O)=O)noc4c3)c2C1. The summed E-state index contributed by atoms with van der Waals surface area (Å²) in [5, 5.41) is 14.5. The molecule has 11 heteroatoms. The summed E-state index contributed by atoms with van der Waals surface area (Å²) in [5.74, 6) is 2.24. The molecule has 172 valence electrons. The van der Waals surface area contributed by atoms with E-state index >= 15 is 0 Å². The molecule has 1 aliphatic rings. The summed E-state index contributed by atoms with van der Waals surface area (Å²) in [6.07, 6.45) is 6.97. The van der Waals surface area contributed by atoms with Gasteiger partial charge in [-0.05, 0) is 29.7 Å². The maximum absolute atomic E-state index is 12.1. The van der Waals surface area contributed by atoms with Gasteiger partial charge in [0.15, 0.2) is 5.58 Å². The van der Waals surface area contributed by atoms with Crippen LogP contribution in [0, 0.1) is 12.3 Å². The summed E-state index contributed by atoms with van der Waals surface area (Å²) in [6, 6.07) is 9.91. The molecule has 2 aromatic carbocycles. The first-order valence-corrected chi connectivity index (χ1v) is 11.7. The zero-order valence-corrected chi connectivity index (χ0v) is 18.9. The van der Waals surface area contributed by atoms with Crippen LogP contribution in [0.15, 0.2) is 52.0 Å². The van der Waals surface area contributed by atoms with Crippen molar-refractivity contribution in [3.05, 3.63) is 59.4 Å². The standard InChI is InChI=1S/C23H19N5O5S/c1-3-21(29)27-12-15-10-25-28(17(15)13-27)11-14-8-18(32-2)22-19(9-14)33-26-23(22)16-6-4-5-7-20(16)34(24,30)31/h1,4-10H,11-13H2,2H3,(H2,24,30,31). The monoisotopic (exact) mass is 477 g/mol. The van der Waals surface area contributed by atoms with Crippen molar-refractivity contribution in [1.29, 1.82) is 0 Å². The Morgan fingerprint density at radius 1 is 1.29 bits per heavy atom. The Labute approximate surface area is 194 Å². The summed E-state index contributed by atoms with van der Waals surface area (Å²) >= 11 is 0. The van der Waals surface area contributed by atoms with Crippen LogP contribution < -0.4 is 9.88 Å². The fraction of sp³-hybridized carbons (Fsp3) is 0.174. The molecule has 4 aromatic rings. The minimum absolute atomic E-state index is 0.0606. The second-order valence-corrected chi connectivity index (χ2v) is 9.35. The van der Waals surface area contributed by atoms with Crippen LogP contribution in [0.2, 0.25) is 0 Å². The maximum Gasteiger partial charge on any atom is 0.298 e. The number of nitrogens with two attached hydrogens (primary N) is 1. The largest absolute Gasteiger partial charge is 0.496 e. The highest BCUT2D eigenvalue weighted by atomic mass is 32.2. The Morgan fingerprint density at radius 2 is 2.09 bits per heavy atom. The average Bonchev–Trinajstić information content (AvgIpc) is 3.53. The third-order valence-corrected chi connectivity index (χ3v) is 6.72. The Hall–Kier alpha value is -4.14. The summed E-state index contributed by atoms with van der Waals surface area (Å²) in [6.45, 7) is 1.20. The van der Waals surface area contributed by atoms with Gasteiger partial charge in [-0.1, -0.05) is 23.4 Å². The van der Waals surface area contributed by atoms with Crippen LogP contribution in [0.3, 0.4) is 0 Å². The molecular weight excluding hydrogens is 458 g/mol. The van der Waals surface area contributed by atoms with Gasteiger partial charge >= 0.3 is 0 Å². The summed E-state index contributed by atoms with van der Waals surface area (Å²) < 4.78 is 37.1. The molecule has 3 heterocycles. The van der Waals surface area contributed by atoms with Crippen LogP contribution in [-0.4, -0.2) is 41.3 Å². The highest BCUT2D eigenvalue weighted by molar-refractivity contribution is 7.89. The number of hydrogen-bond acceptors (Lipinski definition) is 7. The van der Waals surface area contributed by atoms with Gasteiger partial charge in [0.05, 0.1) is 48.9 Å². The number of ether oxygens (including phenoxy) is 1. The molecule has 34 heavy (non-hydrogen) atoms. The molecule has 0 fully saturated rings. The van der Waals surface area contributed by atoms with E-state index in [1.807, 2.05) is 6.07 Å². The lowest BCUT2D eigenvalue weighted by Gasteiger charge is -2.13. The molecule has 1 amide bonds. The van der Waals surface area contributed by atoms with E-state index in [9.17, 15) is 13.2 Å². The molecule has 2 aromatic heterocycles. The number of terminal acetylenes is 1. The molecule has 0 bridgehead atoms. The molecule has 0 aliphatic carbocycles. The van der Waals surface area contributed by atoms with Crippen LogP contribution in [0.25, 0.3) is 22.2 Å². The van der Waals surface area contributed by atoms with Gasteiger partial charge in [-0.2, -0.15) is 5.10 Å². The second-order valence-electron chi connectivity index (χ2n) is 7.82. The maximum atomic E-state index is 12.1. The van der Waals surface area contributed by atoms with Crippen LogP contribution in [0.1, 0.15) is 16.8 Å². The predicted octanol–water partition coefficient (Wildman–Crippen LogP) is 1.87. The van der Waals surface area contributed by atoms with Crippen molar-refractivity contribution in [1.82, 2.24) is 19.8 Å². The number of rotatable bonds is 5. The van der Waals surface area contributed by atoms with Crippen LogP contribution in [0.5, 0.6) is 5.75 Å². The topological polar surface area (TPSA) is 134 Å². The number of amides is 1. The molecule has 1 aliphatic heterocycles. The predicted molar refractivity (Wildman–Crippen MR) is 122 cm³/mol. The van der Waals surface area contributed by atoms with Crippen molar-refractivity contribution in [2.45, 2.75) is 24.5 Å². The number of nitrogens with zero attached hydrogens (tertiary/aromatic N) is 4. The van der Waals surface area contributed by atoms with E-state index < -0.39 is 10.0 Å². The molecule has 0 saturated heterocycles. The van der Waals surface area contributed by atoms with Crippen molar-refractivity contribution >= 4 is 26.9 Å². The number of fused-ring (bicyclic) bond motifs is 2. The molecule has 0 unspecified atom stereocenters. The number of primary sulfonamides is 1. The summed E-state index contributed by atoms with van der Waals surface area (Å²) in [5.41, 5.74) is 3.71. The van der Waals surface area contributed by atoms with E-state index in [4.69, 9.17) is 20.8 Å². The molecule has 10 nitrogen and oxygen atoms in total. The van der Waals surface area contributed by atoms with Gasteiger partial charge in [-0.3, -0.25) is 9.48 Å². The fourth-order valence-corrected chi connectivity index (χ4v) is 4.93.